The highest BCUT2D eigenvalue weighted by Crippen LogP contribution is 2.21. The summed E-state index contributed by atoms with van der Waals surface area (Å²) in [5.41, 5.74) is 8.58. The van der Waals surface area contributed by atoms with Crippen molar-refractivity contribution in [2.24, 2.45) is 5.73 Å². The third-order valence-corrected chi connectivity index (χ3v) is 3.54. The molecule has 0 amide bonds. The molecule has 0 fully saturated rings. The zero-order chi connectivity index (χ0) is 14.3. The highest BCUT2D eigenvalue weighted by Gasteiger charge is 2.15. The smallest absolute Gasteiger partial charge is 0.0593 e. The summed E-state index contributed by atoms with van der Waals surface area (Å²) in [6.45, 7) is 9.50. The van der Waals surface area contributed by atoms with Crippen molar-refractivity contribution in [2.75, 3.05) is 33.4 Å². The number of likely N-dealkylation sites (N-methyl/N-ethyl adjacent to an activating group) is 1. The summed E-state index contributed by atoms with van der Waals surface area (Å²) in [7, 11) is 2.10. The van der Waals surface area contributed by atoms with E-state index < -0.39 is 0 Å². The van der Waals surface area contributed by atoms with Crippen molar-refractivity contribution < 1.29 is 4.74 Å². The standard InChI is InChI=1S/C16H28N2O/c1-5-19-11-10-18(4)16(12-17)15-8-6-14(7-9-15)13(2)3/h6-9,13,16H,5,10-12,17H2,1-4H3. The Labute approximate surface area is 117 Å². The Balaban J connectivity index is 2.67. The molecule has 2 N–H and O–H groups in total. The predicted molar refractivity (Wildman–Crippen MR) is 81.4 cm³/mol. The summed E-state index contributed by atoms with van der Waals surface area (Å²) < 4.78 is 5.40. The molecule has 3 nitrogen and oxygen atoms in total. The molecule has 0 aromatic heterocycles. The largest absolute Gasteiger partial charge is 0.380 e. The van der Waals surface area contributed by atoms with Gasteiger partial charge in [0.05, 0.1) is 6.61 Å². The van der Waals surface area contributed by atoms with Crippen LogP contribution in [0.25, 0.3) is 0 Å². The topological polar surface area (TPSA) is 38.5 Å². The van der Waals surface area contributed by atoms with Gasteiger partial charge in [0, 0.05) is 25.7 Å². The molecule has 19 heavy (non-hydrogen) atoms. The zero-order valence-electron chi connectivity index (χ0n) is 12.7. The van der Waals surface area contributed by atoms with Gasteiger partial charge in [-0.1, -0.05) is 38.1 Å². The van der Waals surface area contributed by atoms with Gasteiger partial charge in [-0.05, 0) is 31.0 Å². The van der Waals surface area contributed by atoms with Gasteiger partial charge in [0.1, 0.15) is 0 Å². The fourth-order valence-corrected chi connectivity index (χ4v) is 2.18. The maximum absolute atomic E-state index is 5.93. The fraction of sp³-hybridized carbons (Fsp3) is 0.625. The molecule has 1 unspecified atom stereocenters. The average Bonchev–Trinajstić information content (AvgIpc) is 2.40. The Bertz CT molecular complexity index is 348. The van der Waals surface area contributed by atoms with E-state index in [0.29, 0.717) is 12.5 Å². The number of hydrogen-bond donors (Lipinski definition) is 1. The lowest BCUT2D eigenvalue weighted by Gasteiger charge is -2.27. The molecule has 1 atom stereocenters. The van der Waals surface area contributed by atoms with Crippen molar-refractivity contribution in [3.8, 4) is 0 Å². The van der Waals surface area contributed by atoms with Crippen LogP contribution in [-0.4, -0.2) is 38.3 Å². The highest BCUT2D eigenvalue weighted by atomic mass is 16.5. The van der Waals surface area contributed by atoms with Gasteiger partial charge in [0.25, 0.3) is 0 Å². The summed E-state index contributed by atoms with van der Waals surface area (Å²) in [5.74, 6) is 0.570. The van der Waals surface area contributed by atoms with Crippen molar-refractivity contribution in [1.82, 2.24) is 4.90 Å². The van der Waals surface area contributed by atoms with Gasteiger partial charge in [-0.15, -0.1) is 0 Å². The van der Waals surface area contributed by atoms with E-state index in [0.717, 1.165) is 19.8 Å². The summed E-state index contributed by atoms with van der Waals surface area (Å²) in [6, 6.07) is 9.08. The number of nitrogens with two attached hydrogens (primary N) is 1. The third kappa shape index (κ3) is 4.94. The van der Waals surface area contributed by atoms with Gasteiger partial charge >= 0.3 is 0 Å². The molecule has 1 aromatic rings. The van der Waals surface area contributed by atoms with Crippen LogP contribution in [0.3, 0.4) is 0 Å². The van der Waals surface area contributed by atoms with Crippen LogP contribution in [0, 0.1) is 0 Å². The second-order valence-electron chi connectivity index (χ2n) is 5.25. The fourth-order valence-electron chi connectivity index (χ4n) is 2.18. The summed E-state index contributed by atoms with van der Waals surface area (Å²) in [6.07, 6.45) is 0. The lowest BCUT2D eigenvalue weighted by Crippen LogP contribution is -2.33. The van der Waals surface area contributed by atoms with E-state index in [4.69, 9.17) is 10.5 Å². The highest BCUT2D eigenvalue weighted by molar-refractivity contribution is 5.27. The second-order valence-corrected chi connectivity index (χ2v) is 5.25. The van der Waals surface area contributed by atoms with E-state index >= 15 is 0 Å². The van der Waals surface area contributed by atoms with Crippen LogP contribution < -0.4 is 5.73 Å². The molecule has 0 aliphatic rings. The van der Waals surface area contributed by atoms with Gasteiger partial charge in [0.2, 0.25) is 0 Å². The number of ether oxygens (including phenoxy) is 1. The quantitative estimate of drug-likeness (QED) is 0.734. The maximum Gasteiger partial charge on any atom is 0.0593 e. The summed E-state index contributed by atoms with van der Waals surface area (Å²) in [4.78, 5) is 2.26. The van der Waals surface area contributed by atoms with Crippen molar-refractivity contribution in [3.05, 3.63) is 35.4 Å². The van der Waals surface area contributed by atoms with Crippen LogP contribution >= 0.6 is 0 Å². The molecule has 0 radical (unpaired) electrons. The molecule has 0 saturated heterocycles. The molecule has 0 spiro atoms. The minimum atomic E-state index is 0.265. The first kappa shape index (κ1) is 16.2. The van der Waals surface area contributed by atoms with Gasteiger partial charge in [-0.2, -0.15) is 0 Å². The lowest BCUT2D eigenvalue weighted by molar-refractivity contribution is 0.108. The molecule has 108 valence electrons. The number of rotatable bonds is 8. The normalized spacial score (nSPS) is 13.2. The molecular formula is C16H28N2O. The molecule has 3 heteroatoms. The minimum absolute atomic E-state index is 0.265. The average molecular weight is 264 g/mol. The number of nitrogens with zero attached hydrogens (tertiary/aromatic N) is 1. The van der Waals surface area contributed by atoms with E-state index in [9.17, 15) is 0 Å². The molecule has 0 saturated carbocycles. The van der Waals surface area contributed by atoms with Crippen molar-refractivity contribution in [2.45, 2.75) is 32.7 Å². The lowest BCUT2D eigenvalue weighted by atomic mass is 9.98. The Kier molecular flexibility index (Phi) is 7.06. The summed E-state index contributed by atoms with van der Waals surface area (Å²) >= 11 is 0. The van der Waals surface area contributed by atoms with E-state index in [1.165, 1.54) is 11.1 Å². The Hall–Kier alpha value is -0.900. The van der Waals surface area contributed by atoms with E-state index in [-0.39, 0.29) is 6.04 Å². The first-order chi connectivity index (χ1) is 9.10. The van der Waals surface area contributed by atoms with Crippen LogP contribution in [0.2, 0.25) is 0 Å². The molecule has 1 rings (SSSR count). The van der Waals surface area contributed by atoms with Gasteiger partial charge < -0.3 is 10.5 Å². The minimum Gasteiger partial charge on any atom is -0.380 e. The van der Waals surface area contributed by atoms with Crippen LogP contribution in [0.4, 0.5) is 0 Å². The van der Waals surface area contributed by atoms with Crippen LogP contribution in [0.1, 0.15) is 43.9 Å². The van der Waals surface area contributed by atoms with Gasteiger partial charge in [0.15, 0.2) is 0 Å². The number of benzene rings is 1. The van der Waals surface area contributed by atoms with Crippen molar-refractivity contribution >= 4 is 0 Å². The van der Waals surface area contributed by atoms with E-state index in [1.54, 1.807) is 0 Å². The Morgan fingerprint density at radius 1 is 1.16 bits per heavy atom. The third-order valence-electron chi connectivity index (χ3n) is 3.54. The van der Waals surface area contributed by atoms with Crippen molar-refractivity contribution in [1.29, 1.82) is 0 Å². The first-order valence-corrected chi connectivity index (χ1v) is 7.18. The predicted octanol–water partition coefficient (Wildman–Crippen LogP) is 2.78. The molecule has 1 aromatic carbocycles. The monoisotopic (exact) mass is 264 g/mol. The SMILES string of the molecule is CCOCCN(C)C(CN)c1ccc(C(C)C)cc1. The second kappa shape index (κ2) is 8.31. The number of hydrogen-bond acceptors (Lipinski definition) is 3. The first-order valence-electron chi connectivity index (χ1n) is 7.18. The van der Waals surface area contributed by atoms with Gasteiger partial charge in [-0.25, -0.2) is 0 Å². The van der Waals surface area contributed by atoms with Crippen LogP contribution in [0.15, 0.2) is 24.3 Å². The molecule has 0 aliphatic heterocycles. The summed E-state index contributed by atoms with van der Waals surface area (Å²) in [5, 5.41) is 0. The van der Waals surface area contributed by atoms with Crippen molar-refractivity contribution in [3.63, 3.8) is 0 Å². The maximum atomic E-state index is 5.93. The molecule has 0 heterocycles. The van der Waals surface area contributed by atoms with Gasteiger partial charge in [-0.3, -0.25) is 4.90 Å². The van der Waals surface area contributed by atoms with Crippen LogP contribution in [0.5, 0.6) is 0 Å². The molecular weight excluding hydrogens is 236 g/mol. The van der Waals surface area contributed by atoms with Crippen LogP contribution in [-0.2, 0) is 4.74 Å². The molecule has 0 aliphatic carbocycles. The Morgan fingerprint density at radius 3 is 2.21 bits per heavy atom. The Morgan fingerprint density at radius 2 is 1.74 bits per heavy atom. The zero-order valence-corrected chi connectivity index (χ0v) is 12.7. The van der Waals surface area contributed by atoms with E-state index in [2.05, 4.69) is 50.1 Å². The van der Waals surface area contributed by atoms with E-state index in [1.807, 2.05) is 6.92 Å². The molecule has 0 bridgehead atoms.